The highest BCUT2D eigenvalue weighted by Crippen LogP contribution is 2.60. The molecule has 0 heterocycles. The molecule has 30 heavy (non-hydrogen) atoms. The second-order valence-electron chi connectivity index (χ2n) is 13.4. The molecule has 4 saturated carbocycles. The minimum absolute atomic E-state index is 0.591. The van der Waals surface area contributed by atoms with Gasteiger partial charge in [0.1, 0.15) is 0 Å². The second-order valence-corrected chi connectivity index (χ2v) is 17.9. The van der Waals surface area contributed by atoms with E-state index in [9.17, 15) is 0 Å². The van der Waals surface area contributed by atoms with Gasteiger partial charge in [0.05, 0.1) is 0 Å². The van der Waals surface area contributed by atoms with Crippen LogP contribution in [0, 0.1) is 53.3 Å². The summed E-state index contributed by atoms with van der Waals surface area (Å²) < 4.78 is 6.56. The number of hydrogen-bond donors (Lipinski definition) is 0. The van der Waals surface area contributed by atoms with Gasteiger partial charge in [-0.05, 0) is 131 Å². The minimum Gasteiger partial charge on any atom is -0.415 e. The van der Waals surface area contributed by atoms with Crippen molar-refractivity contribution in [2.24, 2.45) is 53.3 Å². The van der Waals surface area contributed by atoms with Gasteiger partial charge in [0.25, 0.3) is 0 Å². The predicted molar refractivity (Wildman–Crippen MR) is 132 cm³/mol. The molecular formula is C28H52OSi. The molecule has 0 aromatic rings. The van der Waals surface area contributed by atoms with E-state index in [1.54, 1.807) is 32.1 Å². The van der Waals surface area contributed by atoms with Crippen molar-refractivity contribution in [3.63, 3.8) is 0 Å². The molecule has 174 valence electrons. The lowest BCUT2D eigenvalue weighted by atomic mass is 9.53. The fourth-order valence-corrected chi connectivity index (χ4v) is 10.1. The summed E-state index contributed by atoms with van der Waals surface area (Å²) in [6, 6.07) is 0. The second kappa shape index (κ2) is 9.58. The lowest BCUT2D eigenvalue weighted by molar-refractivity contribution is -0.0488. The number of fused-ring (bicyclic) bond motifs is 5. The van der Waals surface area contributed by atoms with Gasteiger partial charge in [0.15, 0.2) is 8.32 Å². The molecule has 0 bridgehead atoms. The smallest absolute Gasteiger partial charge is 0.184 e. The van der Waals surface area contributed by atoms with Crippen LogP contribution in [0.25, 0.3) is 0 Å². The number of rotatable bonds is 7. The zero-order valence-electron chi connectivity index (χ0n) is 21.2. The highest BCUT2D eigenvalue weighted by atomic mass is 28.4. The Bertz CT molecular complexity index is 551. The van der Waals surface area contributed by atoms with Gasteiger partial charge in [-0.15, -0.1) is 0 Å². The standard InChI is InChI=1S/C28H52OSi/c1-19(2)8-7-9-20(3)23-14-15-28-25(23)16-17-26-24-13-11-22(29-30(4,5)6)18-21(24)10-12-27(26)28/h19-28H,7-18H2,1-6H3/t20-,21?,22+,23-,24+,25-,26-,27-,28-/m1/s1. The Morgan fingerprint density at radius 3 is 2.03 bits per heavy atom. The third kappa shape index (κ3) is 5.21. The van der Waals surface area contributed by atoms with Gasteiger partial charge in [-0.3, -0.25) is 0 Å². The van der Waals surface area contributed by atoms with Gasteiger partial charge in [-0.1, -0.05) is 40.0 Å². The van der Waals surface area contributed by atoms with Crippen LogP contribution in [0.5, 0.6) is 0 Å². The predicted octanol–water partition coefficient (Wildman–Crippen LogP) is 8.55. The Labute approximate surface area is 189 Å². The van der Waals surface area contributed by atoms with E-state index in [0.29, 0.717) is 6.10 Å². The summed E-state index contributed by atoms with van der Waals surface area (Å²) in [6.07, 6.45) is 18.6. The third-order valence-corrected chi connectivity index (χ3v) is 11.0. The van der Waals surface area contributed by atoms with Crippen molar-refractivity contribution in [2.75, 3.05) is 0 Å². The molecule has 0 N–H and O–H groups in total. The van der Waals surface area contributed by atoms with Crippen LogP contribution in [0.3, 0.4) is 0 Å². The third-order valence-electron chi connectivity index (χ3n) is 9.97. The molecular weight excluding hydrogens is 380 g/mol. The fourth-order valence-electron chi connectivity index (χ4n) is 8.89. The molecule has 0 aliphatic heterocycles. The molecule has 0 radical (unpaired) electrons. The molecule has 4 fully saturated rings. The summed E-state index contributed by atoms with van der Waals surface area (Å²) in [5.41, 5.74) is 0. The average Bonchev–Trinajstić information content (AvgIpc) is 3.10. The van der Waals surface area contributed by atoms with E-state index in [1.165, 1.54) is 44.9 Å². The van der Waals surface area contributed by atoms with E-state index >= 15 is 0 Å². The maximum Gasteiger partial charge on any atom is 0.184 e. The zero-order chi connectivity index (χ0) is 21.5. The summed E-state index contributed by atoms with van der Waals surface area (Å²) in [5, 5.41) is 0. The molecule has 1 nitrogen and oxygen atoms in total. The lowest BCUT2D eigenvalue weighted by Crippen LogP contribution is -2.47. The summed E-state index contributed by atoms with van der Waals surface area (Å²) in [4.78, 5) is 0. The Hall–Kier alpha value is 0.177. The molecule has 0 spiro atoms. The van der Waals surface area contributed by atoms with Gasteiger partial charge in [-0.2, -0.15) is 0 Å². The zero-order valence-corrected chi connectivity index (χ0v) is 22.2. The van der Waals surface area contributed by atoms with E-state index in [0.717, 1.165) is 53.3 Å². The first kappa shape index (κ1) is 23.3. The van der Waals surface area contributed by atoms with Crippen LogP contribution in [0.15, 0.2) is 0 Å². The highest BCUT2D eigenvalue weighted by molar-refractivity contribution is 6.69. The van der Waals surface area contributed by atoms with Crippen LogP contribution >= 0.6 is 0 Å². The summed E-state index contributed by atoms with van der Waals surface area (Å²) in [5.74, 6) is 9.30. The van der Waals surface area contributed by atoms with Crippen molar-refractivity contribution >= 4 is 8.32 Å². The van der Waals surface area contributed by atoms with Crippen molar-refractivity contribution in [3.8, 4) is 0 Å². The van der Waals surface area contributed by atoms with Crippen LogP contribution in [0.2, 0.25) is 19.6 Å². The highest BCUT2D eigenvalue weighted by Gasteiger charge is 2.52. The molecule has 0 aromatic heterocycles. The normalized spacial score (nSPS) is 42.5. The SMILES string of the molecule is CC(C)CCC[C@@H](C)[C@H]1CC[C@@H]2[C@@H]1CC[C@H]1[C@H]2CCC2C[C@@H](O[Si](C)(C)C)CC[C@@H]21. The molecule has 4 rings (SSSR count). The van der Waals surface area contributed by atoms with E-state index in [4.69, 9.17) is 4.43 Å². The fraction of sp³-hybridized carbons (Fsp3) is 1.00. The molecule has 4 aliphatic rings. The van der Waals surface area contributed by atoms with Gasteiger partial charge < -0.3 is 4.43 Å². The van der Waals surface area contributed by atoms with Gasteiger partial charge in [-0.25, -0.2) is 0 Å². The maximum atomic E-state index is 6.56. The molecule has 9 atom stereocenters. The summed E-state index contributed by atoms with van der Waals surface area (Å²) in [6.45, 7) is 14.5. The van der Waals surface area contributed by atoms with Crippen molar-refractivity contribution < 1.29 is 4.43 Å². The van der Waals surface area contributed by atoms with Crippen LogP contribution in [0.4, 0.5) is 0 Å². The van der Waals surface area contributed by atoms with Crippen LogP contribution in [0.1, 0.15) is 97.8 Å². The van der Waals surface area contributed by atoms with E-state index < -0.39 is 8.32 Å². The van der Waals surface area contributed by atoms with Crippen molar-refractivity contribution in [1.82, 2.24) is 0 Å². The Kier molecular flexibility index (Phi) is 7.45. The van der Waals surface area contributed by atoms with E-state index in [2.05, 4.69) is 40.4 Å². The summed E-state index contributed by atoms with van der Waals surface area (Å²) in [7, 11) is -1.39. The first-order chi connectivity index (χ1) is 14.2. The Balaban J connectivity index is 1.33. The van der Waals surface area contributed by atoms with Crippen LogP contribution in [-0.4, -0.2) is 14.4 Å². The summed E-state index contributed by atoms with van der Waals surface area (Å²) >= 11 is 0. The maximum absolute atomic E-state index is 6.56. The topological polar surface area (TPSA) is 9.23 Å². The minimum atomic E-state index is -1.39. The average molecular weight is 433 g/mol. The molecule has 4 aliphatic carbocycles. The van der Waals surface area contributed by atoms with Crippen LogP contribution in [-0.2, 0) is 4.43 Å². The monoisotopic (exact) mass is 432 g/mol. The quantitative estimate of drug-likeness (QED) is 0.366. The molecule has 0 saturated heterocycles. The van der Waals surface area contributed by atoms with Crippen LogP contribution < -0.4 is 0 Å². The Morgan fingerprint density at radius 2 is 1.30 bits per heavy atom. The molecule has 0 amide bonds. The van der Waals surface area contributed by atoms with Gasteiger partial charge in [0, 0.05) is 6.10 Å². The van der Waals surface area contributed by atoms with E-state index in [1.807, 2.05) is 0 Å². The van der Waals surface area contributed by atoms with Crippen molar-refractivity contribution in [2.45, 2.75) is 124 Å². The van der Waals surface area contributed by atoms with E-state index in [-0.39, 0.29) is 0 Å². The van der Waals surface area contributed by atoms with Crippen molar-refractivity contribution in [3.05, 3.63) is 0 Å². The molecule has 2 heteroatoms. The molecule has 1 unspecified atom stereocenters. The van der Waals surface area contributed by atoms with Gasteiger partial charge in [0.2, 0.25) is 0 Å². The Morgan fingerprint density at radius 1 is 0.700 bits per heavy atom. The largest absolute Gasteiger partial charge is 0.415 e. The number of hydrogen-bond acceptors (Lipinski definition) is 1. The molecule has 0 aromatic carbocycles. The van der Waals surface area contributed by atoms with Crippen molar-refractivity contribution in [1.29, 1.82) is 0 Å². The first-order valence-corrected chi connectivity index (χ1v) is 17.3. The lowest BCUT2D eigenvalue weighted by Gasteiger charge is -2.53. The first-order valence-electron chi connectivity index (χ1n) is 13.9. The van der Waals surface area contributed by atoms with Gasteiger partial charge >= 0.3 is 0 Å².